The number of hydrogen-bond acceptors (Lipinski definition) is 3. The quantitative estimate of drug-likeness (QED) is 0.749. The van der Waals surface area contributed by atoms with Crippen molar-refractivity contribution in [1.82, 2.24) is 10.2 Å². The molecule has 0 aromatic heterocycles. The average molecular weight is 235 g/mol. The molecular weight excluding hydrogens is 212 g/mol. The molecule has 2 heterocycles. The Labute approximate surface area is 98.6 Å². The Balaban J connectivity index is 0.00000112. The Morgan fingerprint density at radius 1 is 1.33 bits per heavy atom. The van der Waals surface area contributed by atoms with Gasteiger partial charge in [-0.25, -0.2) is 0 Å². The van der Waals surface area contributed by atoms with Crippen LogP contribution in [0.3, 0.4) is 0 Å². The maximum absolute atomic E-state index is 9.85. The summed E-state index contributed by atoms with van der Waals surface area (Å²) in [5.74, 6) is 0. The van der Waals surface area contributed by atoms with E-state index < -0.39 is 0 Å². The van der Waals surface area contributed by atoms with Gasteiger partial charge < -0.3 is 10.4 Å². The highest BCUT2D eigenvalue weighted by Gasteiger charge is 2.34. The van der Waals surface area contributed by atoms with Crippen LogP contribution in [0.15, 0.2) is 0 Å². The average Bonchev–Trinajstić information content (AvgIpc) is 2.64. The van der Waals surface area contributed by atoms with E-state index in [1.165, 1.54) is 32.2 Å². The van der Waals surface area contributed by atoms with Gasteiger partial charge >= 0.3 is 0 Å². The largest absolute Gasteiger partial charge is 0.390 e. The van der Waals surface area contributed by atoms with E-state index in [1.54, 1.807) is 0 Å². The SMILES string of the molecule is CCC1CCCCN1[C@@H]1CNC[C@H]1O.Cl. The fourth-order valence-electron chi connectivity index (χ4n) is 2.89. The van der Waals surface area contributed by atoms with E-state index in [0.717, 1.165) is 13.1 Å². The number of halogens is 1. The zero-order valence-corrected chi connectivity index (χ0v) is 10.3. The van der Waals surface area contributed by atoms with Gasteiger partial charge in [-0.1, -0.05) is 13.3 Å². The van der Waals surface area contributed by atoms with E-state index in [1.807, 2.05) is 0 Å². The van der Waals surface area contributed by atoms with Gasteiger partial charge in [-0.15, -0.1) is 12.4 Å². The number of hydrogen-bond donors (Lipinski definition) is 2. The van der Waals surface area contributed by atoms with E-state index in [-0.39, 0.29) is 18.5 Å². The summed E-state index contributed by atoms with van der Waals surface area (Å²) in [6.45, 7) is 5.19. The molecule has 4 heteroatoms. The van der Waals surface area contributed by atoms with Crippen molar-refractivity contribution >= 4 is 12.4 Å². The van der Waals surface area contributed by atoms with Gasteiger partial charge in [0, 0.05) is 25.2 Å². The first-order chi connectivity index (χ1) is 6.83. The zero-order valence-electron chi connectivity index (χ0n) is 9.48. The van der Waals surface area contributed by atoms with Crippen molar-refractivity contribution in [3.05, 3.63) is 0 Å². The maximum Gasteiger partial charge on any atom is 0.0831 e. The summed E-state index contributed by atoms with van der Waals surface area (Å²) in [7, 11) is 0. The molecule has 3 atom stereocenters. The lowest BCUT2D eigenvalue weighted by Gasteiger charge is -2.40. The third kappa shape index (κ3) is 2.84. The molecule has 2 aliphatic heterocycles. The van der Waals surface area contributed by atoms with E-state index in [9.17, 15) is 5.11 Å². The third-order valence-electron chi connectivity index (χ3n) is 3.72. The van der Waals surface area contributed by atoms with E-state index in [2.05, 4.69) is 17.1 Å². The van der Waals surface area contributed by atoms with Gasteiger partial charge in [0.2, 0.25) is 0 Å². The molecule has 2 fully saturated rings. The minimum Gasteiger partial charge on any atom is -0.390 e. The number of nitrogens with one attached hydrogen (secondary N) is 1. The molecule has 2 rings (SSSR count). The molecule has 0 spiro atoms. The van der Waals surface area contributed by atoms with Crippen LogP contribution in [-0.4, -0.2) is 47.8 Å². The fourth-order valence-corrected chi connectivity index (χ4v) is 2.89. The highest BCUT2D eigenvalue weighted by Crippen LogP contribution is 2.24. The normalized spacial score (nSPS) is 37.6. The number of nitrogens with zero attached hydrogens (tertiary/aromatic N) is 1. The Hall–Kier alpha value is 0.170. The predicted molar refractivity (Wildman–Crippen MR) is 64.5 cm³/mol. The van der Waals surface area contributed by atoms with Crippen molar-refractivity contribution in [2.45, 2.75) is 50.8 Å². The molecule has 0 saturated carbocycles. The smallest absolute Gasteiger partial charge is 0.0831 e. The molecule has 2 saturated heterocycles. The van der Waals surface area contributed by atoms with Crippen LogP contribution in [0.1, 0.15) is 32.6 Å². The van der Waals surface area contributed by atoms with Gasteiger partial charge in [-0.05, 0) is 25.8 Å². The second kappa shape index (κ2) is 6.04. The maximum atomic E-state index is 9.85. The van der Waals surface area contributed by atoms with Crippen LogP contribution in [0.25, 0.3) is 0 Å². The summed E-state index contributed by atoms with van der Waals surface area (Å²) >= 11 is 0. The van der Waals surface area contributed by atoms with Crippen molar-refractivity contribution in [3.8, 4) is 0 Å². The molecule has 3 nitrogen and oxygen atoms in total. The number of β-amino-alcohol motifs (C(OH)–C–C–N with tert-alkyl or cyclic N) is 1. The summed E-state index contributed by atoms with van der Waals surface area (Å²) in [5.41, 5.74) is 0. The fraction of sp³-hybridized carbons (Fsp3) is 1.00. The van der Waals surface area contributed by atoms with Gasteiger partial charge in [-0.3, -0.25) is 4.90 Å². The Bertz CT molecular complexity index is 191. The van der Waals surface area contributed by atoms with Crippen molar-refractivity contribution in [2.75, 3.05) is 19.6 Å². The standard InChI is InChI=1S/C11H22N2O.ClH/c1-2-9-5-3-4-6-13(9)10-7-12-8-11(10)14;/h9-12,14H,2-8H2,1H3;1H/t9?,10-,11-;/m1./s1. The Kier molecular flexibility index (Phi) is 5.33. The van der Waals surface area contributed by atoms with Crippen LogP contribution >= 0.6 is 12.4 Å². The first-order valence-electron chi connectivity index (χ1n) is 5.97. The highest BCUT2D eigenvalue weighted by atomic mass is 35.5. The number of likely N-dealkylation sites (tertiary alicyclic amines) is 1. The van der Waals surface area contributed by atoms with Crippen LogP contribution < -0.4 is 5.32 Å². The molecular formula is C11H23ClN2O. The Morgan fingerprint density at radius 3 is 2.73 bits per heavy atom. The summed E-state index contributed by atoms with van der Waals surface area (Å²) in [5, 5.41) is 13.1. The molecule has 15 heavy (non-hydrogen) atoms. The first-order valence-corrected chi connectivity index (χ1v) is 5.97. The first kappa shape index (κ1) is 13.2. The van der Waals surface area contributed by atoms with Gasteiger partial charge in [0.15, 0.2) is 0 Å². The summed E-state index contributed by atoms with van der Waals surface area (Å²) in [4.78, 5) is 2.54. The molecule has 0 radical (unpaired) electrons. The van der Waals surface area contributed by atoms with Gasteiger partial charge in [0.25, 0.3) is 0 Å². The minimum absolute atomic E-state index is 0. The zero-order chi connectivity index (χ0) is 9.97. The van der Waals surface area contributed by atoms with Gasteiger partial charge in [0.05, 0.1) is 6.10 Å². The van der Waals surface area contributed by atoms with Crippen molar-refractivity contribution in [3.63, 3.8) is 0 Å². The van der Waals surface area contributed by atoms with Crippen molar-refractivity contribution < 1.29 is 5.11 Å². The second-order valence-corrected chi connectivity index (χ2v) is 4.59. The highest BCUT2D eigenvalue weighted by molar-refractivity contribution is 5.85. The van der Waals surface area contributed by atoms with Crippen LogP contribution in [0.5, 0.6) is 0 Å². The van der Waals surface area contributed by atoms with Crippen LogP contribution in [-0.2, 0) is 0 Å². The molecule has 2 aliphatic rings. The van der Waals surface area contributed by atoms with Crippen LogP contribution in [0.4, 0.5) is 0 Å². The molecule has 0 aromatic rings. The molecule has 0 bridgehead atoms. The molecule has 0 aliphatic carbocycles. The van der Waals surface area contributed by atoms with E-state index in [4.69, 9.17) is 0 Å². The van der Waals surface area contributed by atoms with Gasteiger partial charge in [0.1, 0.15) is 0 Å². The summed E-state index contributed by atoms with van der Waals surface area (Å²) in [6, 6.07) is 1.09. The molecule has 0 amide bonds. The minimum atomic E-state index is -0.151. The summed E-state index contributed by atoms with van der Waals surface area (Å²) < 4.78 is 0. The lowest BCUT2D eigenvalue weighted by molar-refractivity contribution is 0.0332. The van der Waals surface area contributed by atoms with E-state index >= 15 is 0 Å². The van der Waals surface area contributed by atoms with E-state index in [0.29, 0.717) is 12.1 Å². The number of aliphatic hydroxyl groups is 1. The van der Waals surface area contributed by atoms with Crippen molar-refractivity contribution in [2.24, 2.45) is 0 Å². The monoisotopic (exact) mass is 234 g/mol. The number of piperidine rings is 1. The third-order valence-corrected chi connectivity index (χ3v) is 3.72. The molecule has 2 N–H and O–H groups in total. The van der Waals surface area contributed by atoms with Crippen LogP contribution in [0.2, 0.25) is 0 Å². The number of aliphatic hydroxyl groups excluding tert-OH is 1. The molecule has 1 unspecified atom stereocenters. The summed E-state index contributed by atoms with van der Waals surface area (Å²) in [6.07, 6.45) is 5.07. The lowest BCUT2D eigenvalue weighted by Crippen LogP contribution is -2.51. The molecule has 0 aromatic carbocycles. The Morgan fingerprint density at radius 2 is 2.13 bits per heavy atom. The van der Waals surface area contributed by atoms with Crippen molar-refractivity contribution in [1.29, 1.82) is 0 Å². The molecule has 90 valence electrons. The second-order valence-electron chi connectivity index (χ2n) is 4.59. The van der Waals surface area contributed by atoms with Gasteiger partial charge in [-0.2, -0.15) is 0 Å². The predicted octanol–water partition coefficient (Wildman–Crippen LogP) is 1.01. The topological polar surface area (TPSA) is 35.5 Å². The van der Waals surface area contributed by atoms with Crippen LogP contribution in [0, 0.1) is 0 Å². The number of rotatable bonds is 2. The lowest BCUT2D eigenvalue weighted by atomic mass is 9.97.